The standard InChI is InChI=1S/C22H23N3O5/c1-15-16(13-23-24(15)2)14-30-18-10-8-17(9-11-18)25-12-6-5-7-19(21(26)28-3)20(25)22(27)29-4/h5-13H,14H2,1-4H3. The average Bonchev–Trinajstić information content (AvgIpc) is 2.96. The molecule has 0 fully saturated rings. The molecule has 0 atom stereocenters. The molecule has 0 aliphatic carbocycles. The van der Waals surface area contributed by atoms with E-state index in [4.69, 9.17) is 14.2 Å². The quantitative estimate of drug-likeness (QED) is 0.679. The fraction of sp³-hybridized carbons (Fsp3) is 0.227. The first-order valence-corrected chi connectivity index (χ1v) is 9.21. The molecule has 156 valence electrons. The predicted molar refractivity (Wildman–Crippen MR) is 111 cm³/mol. The zero-order chi connectivity index (χ0) is 21.7. The van der Waals surface area contributed by atoms with Gasteiger partial charge in [-0.3, -0.25) is 4.68 Å². The van der Waals surface area contributed by atoms with Gasteiger partial charge in [-0.1, -0.05) is 6.08 Å². The number of ether oxygens (including phenoxy) is 3. The Bertz CT molecular complexity index is 1030. The van der Waals surface area contributed by atoms with E-state index in [1.165, 1.54) is 20.3 Å². The minimum Gasteiger partial charge on any atom is -0.489 e. The predicted octanol–water partition coefficient (Wildman–Crippen LogP) is 2.80. The molecule has 1 aromatic carbocycles. The summed E-state index contributed by atoms with van der Waals surface area (Å²) in [5.41, 5.74) is 2.86. The minimum atomic E-state index is -0.654. The van der Waals surface area contributed by atoms with Crippen molar-refractivity contribution in [2.45, 2.75) is 13.5 Å². The van der Waals surface area contributed by atoms with E-state index in [0.717, 1.165) is 11.3 Å². The molecule has 0 spiro atoms. The third kappa shape index (κ3) is 4.27. The lowest BCUT2D eigenvalue weighted by Gasteiger charge is -2.23. The smallest absolute Gasteiger partial charge is 0.355 e. The van der Waals surface area contributed by atoms with E-state index in [1.54, 1.807) is 58.4 Å². The van der Waals surface area contributed by atoms with Gasteiger partial charge in [0.25, 0.3) is 0 Å². The van der Waals surface area contributed by atoms with Crippen LogP contribution in [-0.4, -0.2) is 35.9 Å². The number of allylic oxidation sites excluding steroid dienone is 2. The molecular weight excluding hydrogens is 386 g/mol. The molecule has 3 rings (SSSR count). The molecule has 2 aromatic rings. The van der Waals surface area contributed by atoms with Crippen LogP contribution in [0.25, 0.3) is 0 Å². The second-order valence-electron chi connectivity index (χ2n) is 6.48. The summed E-state index contributed by atoms with van der Waals surface area (Å²) in [5, 5.41) is 4.20. The van der Waals surface area contributed by atoms with E-state index in [9.17, 15) is 9.59 Å². The molecule has 1 aromatic heterocycles. The topological polar surface area (TPSA) is 82.9 Å². The van der Waals surface area contributed by atoms with Crippen LogP contribution in [-0.2, 0) is 32.7 Å². The number of methoxy groups -OCH3 is 2. The van der Waals surface area contributed by atoms with Crippen LogP contribution in [0.1, 0.15) is 11.3 Å². The van der Waals surface area contributed by atoms with Crippen molar-refractivity contribution in [3.05, 3.63) is 77.4 Å². The minimum absolute atomic E-state index is 0.0639. The number of nitrogens with zero attached hydrogens (tertiary/aromatic N) is 3. The van der Waals surface area contributed by atoms with Gasteiger partial charge in [-0.15, -0.1) is 0 Å². The zero-order valence-electron chi connectivity index (χ0n) is 17.3. The summed E-state index contributed by atoms with van der Waals surface area (Å²) in [4.78, 5) is 26.3. The summed E-state index contributed by atoms with van der Waals surface area (Å²) >= 11 is 0. The molecule has 1 aliphatic heterocycles. The van der Waals surface area contributed by atoms with Crippen LogP contribution in [0.5, 0.6) is 5.75 Å². The summed E-state index contributed by atoms with van der Waals surface area (Å²) in [7, 11) is 4.40. The fourth-order valence-corrected chi connectivity index (χ4v) is 2.92. The molecular formula is C22H23N3O5. The van der Waals surface area contributed by atoms with Gasteiger partial charge >= 0.3 is 11.9 Å². The first-order valence-electron chi connectivity index (χ1n) is 9.21. The zero-order valence-corrected chi connectivity index (χ0v) is 17.3. The van der Waals surface area contributed by atoms with Gasteiger partial charge in [0.15, 0.2) is 0 Å². The van der Waals surface area contributed by atoms with Crippen molar-refractivity contribution in [2.75, 3.05) is 19.1 Å². The largest absolute Gasteiger partial charge is 0.489 e. The fourth-order valence-electron chi connectivity index (χ4n) is 2.92. The molecule has 0 bridgehead atoms. The number of rotatable bonds is 6. The van der Waals surface area contributed by atoms with E-state index < -0.39 is 11.9 Å². The molecule has 0 saturated heterocycles. The van der Waals surface area contributed by atoms with Gasteiger partial charge in [-0.25, -0.2) is 9.59 Å². The van der Waals surface area contributed by atoms with Crippen molar-refractivity contribution in [1.82, 2.24) is 9.78 Å². The number of carbonyl (C=O) groups is 2. The van der Waals surface area contributed by atoms with Crippen molar-refractivity contribution < 1.29 is 23.8 Å². The van der Waals surface area contributed by atoms with Crippen molar-refractivity contribution >= 4 is 17.6 Å². The number of hydrogen-bond acceptors (Lipinski definition) is 7. The van der Waals surface area contributed by atoms with E-state index in [1.807, 2.05) is 14.0 Å². The lowest BCUT2D eigenvalue weighted by atomic mass is 10.1. The molecule has 0 amide bonds. The second kappa shape index (κ2) is 9.13. The highest BCUT2D eigenvalue weighted by Gasteiger charge is 2.27. The molecule has 0 radical (unpaired) electrons. The average molecular weight is 409 g/mol. The normalized spacial score (nSPS) is 13.3. The molecule has 0 unspecified atom stereocenters. The van der Waals surface area contributed by atoms with Crippen molar-refractivity contribution in [3.63, 3.8) is 0 Å². The Morgan fingerprint density at radius 1 is 1.03 bits per heavy atom. The SMILES string of the molecule is COC(=O)C1=C(C(=O)OC)N(c2ccc(OCc3cnn(C)c3C)cc2)C=CC=C1. The van der Waals surface area contributed by atoms with E-state index in [2.05, 4.69) is 5.10 Å². The van der Waals surface area contributed by atoms with Crippen molar-refractivity contribution in [1.29, 1.82) is 0 Å². The molecule has 8 heteroatoms. The summed E-state index contributed by atoms with van der Waals surface area (Å²) in [6.07, 6.45) is 8.34. The lowest BCUT2D eigenvalue weighted by Crippen LogP contribution is -2.26. The van der Waals surface area contributed by atoms with Crippen LogP contribution >= 0.6 is 0 Å². The highest BCUT2D eigenvalue weighted by atomic mass is 16.5. The van der Waals surface area contributed by atoms with Crippen molar-refractivity contribution in [3.8, 4) is 5.75 Å². The number of aromatic nitrogens is 2. The monoisotopic (exact) mass is 409 g/mol. The third-order valence-corrected chi connectivity index (χ3v) is 4.74. The highest BCUT2D eigenvalue weighted by Crippen LogP contribution is 2.28. The Hall–Kier alpha value is -3.81. The molecule has 8 nitrogen and oxygen atoms in total. The molecule has 0 saturated carbocycles. The highest BCUT2D eigenvalue weighted by molar-refractivity contribution is 6.05. The Labute approximate surface area is 174 Å². The second-order valence-corrected chi connectivity index (χ2v) is 6.48. The maximum Gasteiger partial charge on any atom is 0.355 e. The molecule has 0 N–H and O–H groups in total. The first-order chi connectivity index (χ1) is 14.5. The van der Waals surface area contributed by atoms with Gasteiger partial charge in [-0.2, -0.15) is 5.10 Å². The Balaban J connectivity index is 1.86. The van der Waals surface area contributed by atoms with Crippen LogP contribution in [0.15, 0.2) is 66.2 Å². The number of esters is 2. The summed E-state index contributed by atoms with van der Waals surface area (Å²) in [6, 6.07) is 7.16. The maximum atomic E-state index is 12.5. The van der Waals surface area contributed by atoms with Gasteiger partial charge in [0.2, 0.25) is 0 Å². The van der Waals surface area contributed by atoms with E-state index >= 15 is 0 Å². The molecule has 1 aliphatic rings. The Kier molecular flexibility index (Phi) is 6.36. The van der Waals surface area contributed by atoms with Crippen LogP contribution in [0.3, 0.4) is 0 Å². The van der Waals surface area contributed by atoms with Gasteiger partial charge in [0, 0.05) is 30.2 Å². The third-order valence-electron chi connectivity index (χ3n) is 4.74. The van der Waals surface area contributed by atoms with Gasteiger partial charge in [0.05, 0.1) is 26.0 Å². The van der Waals surface area contributed by atoms with Crippen molar-refractivity contribution in [2.24, 2.45) is 7.05 Å². The summed E-state index contributed by atoms with van der Waals surface area (Å²) in [6.45, 7) is 2.38. The number of anilines is 1. The van der Waals surface area contributed by atoms with Crippen LogP contribution in [0.2, 0.25) is 0 Å². The number of benzene rings is 1. The summed E-state index contributed by atoms with van der Waals surface area (Å²) < 4.78 is 17.4. The number of aryl methyl sites for hydroxylation is 1. The van der Waals surface area contributed by atoms with E-state index in [-0.39, 0.29) is 11.3 Å². The van der Waals surface area contributed by atoms with Crippen LogP contribution in [0, 0.1) is 6.92 Å². The van der Waals surface area contributed by atoms with E-state index in [0.29, 0.717) is 18.0 Å². The molecule has 2 heterocycles. The lowest BCUT2D eigenvalue weighted by molar-refractivity contribution is -0.139. The Morgan fingerprint density at radius 2 is 1.73 bits per heavy atom. The first kappa shape index (κ1) is 20.9. The van der Waals surface area contributed by atoms with Gasteiger partial charge < -0.3 is 19.1 Å². The Morgan fingerprint density at radius 3 is 2.33 bits per heavy atom. The number of hydrogen-bond donors (Lipinski definition) is 0. The number of carbonyl (C=O) groups excluding carboxylic acids is 2. The van der Waals surface area contributed by atoms with Gasteiger partial charge in [-0.05, 0) is 43.3 Å². The van der Waals surface area contributed by atoms with Gasteiger partial charge in [0.1, 0.15) is 18.1 Å². The van der Waals surface area contributed by atoms with Crippen LogP contribution < -0.4 is 9.64 Å². The van der Waals surface area contributed by atoms with Crippen LogP contribution in [0.4, 0.5) is 5.69 Å². The summed E-state index contributed by atoms with van der Waals surface area (Å²) in [5.74, 6) is -0.623. The molecule has 30 heavy (non-hydrogen) atoms. The maximum absolute atomic E-state index is 12.5.